The second kappa shape index (κ2) is 6.38. The lowest BCUT2D eigenvalue weighted by molar-refractivity contribution is -0.115. The molecule has 2 rings (SSSR count). The summed E-state index contributed by atoms with van der Waals surface area (Å²) < 4.78 is 0. The number of rotatable bonds is 5. The third kappa shape index (κ3) is 3.47. The molecule has 0 fully saturated rings. The second-order valence-electron chi connectivity index (χ2n) is 4.28. The van der Waals surface area contributed by atoms with Gasteiger partial charge in [-0.05, 0) is 13.3 Å². The summed E-state index contributed by atoms with van der Waals surface area (Å²) in [7, 11) is 0. The van der Waals surface area contributed by atoms with Crippen LogP contribution in [-0.4, -0.2) is 26.1 Å². The summed E-state index contributed by atoms with van der Waals surface area (Å²) in [6, 6.07) is 0. The van der Waals surface area contributed by atoms with Crippen molar-refractivity contribution in [2.75, 3.05) is 5.32 Å². The molecule has 7 nitrogen and oxygen atoms in total. The Morgan fingerprint density at radius 1 is 1.45 bits per heavy atom. The van der Waals surface area contributed by atoms with Gasteiger partial charge < -0.3 is 10.3 Å². The van der Waals surface area contributed by atoms with Crippen molar-refractivity contribution in [2.24, 2.45) is 0 Å². The van der Waals surface area contributed by atoms with Gasteiger partial charge in [-0.2, -0.15) is 0 Å². The molecule has 0 aromatic carbocycles. The van der Waals surface area contributed by atoms with Crippen molar-refractivity contribution in [1.82, 2.24) is 20.2 Å². The number of hydrogen-bond acceptors (Lipinski definition) is 6. The molecule has 0 aliphatic carbocycles. The van der Waals surface area contributed by atoms with Crippen LogP contribution in [0.2, 0.25) is 0 Å². The Morgan fingerprint density at radius 2 is 2.25 bits per heavy atom. The highest BCUT2D eigenvalue weighted by Crippen LogP contribution is 2.16. The van der Waals surface area contributed by atoms with Crippen LogP contribution in [0.5, 0.6) is 0 Å². The maximum Gasteiger partial charge on any atom is 0.253 e. The van der Waals surface area contributed by atoms with E-state index in [1.165, 1.54) is 17.7 Å². The number of aromatic nitrogens is 4. The van der Waals surface area contributed by atoms with Gasteiger partial charge in [0, 0.05) is 12.0 Å². The molecular weight excluding hydrogens is 278 g/mol. The molecule has 0 spiro atoms. The van der Waals surface area contributed by atoms with Crippen molar-refractivity contribution in [1.29, 1.82) is 0 Å². The van der Waals surface area contributed by atoms with Gasteiger partial charge in [0.25, 0.3) is 5.56 Å². The van der Waals surface area contributed by atoms with E-state index in [1.807, 2.05) is 0 Å². The van der Waals surface area contributed by atoms with Crippen LogP contribution in [0.25, 0.3) is 0 Å². The van der Waals surface area contributed by atoms with Crippen LogP contribution >= 0.6 is 11.3 Å². The van der Waals surface area contributed by atoms with Gasteiger partial charge in [-0.1, -0.05) is 18.3 Å². The average molecular weight is 293 g/mol. The first kappa shape index (κ1) is 14.3. The Hall–Kier alpha value is -2.09. The lowest BCUT2D eigenvalue weighted by Gasteiger charge is -2.02. The fourth-order valence-corrected chi connectivity index (χ4v) is 2.48. The molecule has 0 saturated heterocycles. The summed E-state index contributed by atoms with van der Waals surface area (Å²) in [5, 5.41) is 11.9. The average Bonchev–Trinajstić information content (AvgIpc) is 2.83. The van der Waals surface area contributed by atoms with E-state index in [1.54, 1.807) is 6.92 Å². The van der Waals surface area contributed by atoms with E-state index >= 15 is 0 Å². The number of aryl methyl sites for hydroxylation is 1. The van der Waals surface area contributed by atoms with Crippen molar-refractivity contribution in [3.8, 4) is 0 Å². The van der Waals surface area contributed by atoms with Crippen LogP contribution in [0.15, 0.2) is 11.1 Å². The molecule has 2 aromatic rings. The Balaban J connectivity index is 2.01. The zero-order valence-electron chi connectivity index (χ0n) is 11.3. The first-order valence-electron chi connectivity index (χ1n) is 6.25. The summed E-state index contributed by atoms with van der Waals surface area (Å²) in [6.07, 6.45) is 3.17. The molecule has 0 aliphatic rings. The lowest BCUT2D eigenvalue weighted by Crippen LogP contribution is -2.20. The zero-order valence-corrected chi connectivity index (χ0v) is 12.1. The number of carbonyl (C=O) groups is 1. The third-order valence-corrected chi connectivity index (χ3v) is 3.59. The molecule has 2 heterocycles. The number of hydrogen-bond donors (Lipinski definition) is 2. The van der Waals surface area contributed by atoms with E-state index in [-0.39, 0.29) is 17.9 Å². The van der Waals surface area contributed by atoms with Crippen LogP contribution < -0.4 is 10.9 Å². The fraction of sp³-hybridized carbons (Fsp3) is 0.417. The predicted molar refractivity (Wildman–Crippen MR) is 75.8 cm³/mol. The lowest BCUT2D eigenvalue weighted by atomic mass is 10.2. The van der Waals surface area contributed by atoms with Gasteiger partial charge >= 0.3 is 0 Å². The minimum absolute atomic E-state index is 0.0401. The number of nitrogens with zero attached hydrogens (tertiary/aromatic N) is 3. The van der Waals surface area contributed by atoms with Crippen LogP contribution in [0, 0.1) is 6.92 Å². The number of anilines is 1. The fourth-order valence-electron chi connectivity index (χ4n) is 1.62. The van der Waals surface area contributed by atoms with Gasteiger partial charge in [0.15, 0.2) is 0 Å². The molecule has 2 N–H and O–H groups in total. The quantitative estimate of drug-likeness (QED) is 0.858. The van der Waals surface area contributed by atoms with Gasteiger partial charge in [-0.25, -0.2) is 4.98 Å². The van der Waals surface area contributed by atoms with Crippen LogP contribution in [0.3, 0.4) is 0 Å². The highest BCUT2D eigenvalue weighted by molar-refractivity contribution is 7.15. The Labute approximate surface area is 119 Å². The number of nitrogens with one attached hydrogen (secondary N) is 2. The Kier molecular flexibility index (Phi) is 4.57. The molecule has 0 radical (unpaired) electrons. The molecule has 2 aromatic heterocycles. The summed E-state index contributed by atoms with van der Waals surface area (Å²) >= 11 is 1.36. The molecule has 0 atom stereocenters. The number of aromatic amines is 1. The highest BCUT2D eigenvalue weighted by atomic mass is 32.1. The van der Waals surface area contributed by atoms with Crippen molar-refractivity contribution in [3.63, 3.8) is 0 Å². The van der Waals surface area contributed by atoms with Crippen LogP contribution in [-0.2, 0) is 17.6 Å². The summed E-state index contributed by atoms with van der Waals surface area (Å²) in [6.45, 7) is 3.69. The van der Waals surface area contributed by atoms with E-state index in [2.05, 4.69) is 32.4 Å². The van der Waals surface area contributed by atoms with E-state index in [0.717, 1.165) is 17.8 Å². The summed E-state index contributed by atoms with van der Waals surface area (Å²) in [5.41, 5.74) is 0.681. The molecule has 0 saturated carbocycles. The number of carbonyl (C=O) groups excluding carboxylic acids is 1. The monoisotopic (exact) mass is 293 g/mol. The molecule has 1 amide bonds. The van der Waals surface area contributed by atoms with E-state index in [4.69, 9.17) is 0 Å². The maximum atomic E-state index is 11.9. The van der Waals surface area contributed by atoms with E-state index in [0.29, 0.717) is 16.4 Å². The first-order valence-corrected chi connectivity index (χ1v) is 7.07. The molecule has 0 aliphatic heterocycles. The molecule has 0 unspecified atom stereocenters. The van der Waals surface area contributed by atoms with Gasteiger partial charge in [0.1, 0.15) is 5.01 Å². The second-order valence-corrected chi connectivity index (χ2v) is 5.34. The third-order valence-electron chi connectivity index (χ3n) is 2.69. The minimum Gasteiger partial charge on any atom is -0.313 e. The Bertz CT molecular complexity index is 664. The predicted octanol–water partition coefficient (Wildman–Crippen LogP) is 1.06. The normalized spacial score (nSPS) is 10.5. The smallest absolute Gasteiger partial charge is 0.253 e. The van der Waals surface area contributed by atoms with E-state index < -0.39 is 0 Å². The zero-order chi connectivity index (χ0) is 14.5. The molecule has 20 heavy (non-hydrogen) atoms. The topological polar surface area (TPSA) is 101 Å². The molecule has 0 bridgehead atoms. The largest absolute Gasteiger partial charge is 0.313 e. The molecule has 106 valence electrons. The minimum atomic E-state index is -0.259. The highest BCUT2D eigenvalue weighted by Gasteiger charge is 2.12. The summed E-state index contributed by atoms with van der Waals surface area (Å²) in [4.78, 5) is 29.8. The van der Waals surface area contributed by atoms with Crippen molar-refractivity contribution < 1.29 is 4.79 Å². The summed E-state index contributed by atoms with van der Waals surface area (Å²) in [5.74, 6) is -0.259. The van der Waals surface area contributed by atoms with Crippen molar-refractivity contribution in [2.45, 2.75) is 33.1 Å². The first-order chi connectivity index (χ1) is 9.60. The SMILES string of the molecule is CCCc1nnc(NC(=O)Cc2nc[nH]c(=O)c2C)s1. The maximum absolute atomic E-state index is 11.9. The number of H-pyrrole nitrogens is 1. The molecular formula is C12H15N5O2S. The van der Waals surface area contributed by atoms with Crippen LogP contribution in [0.1, 0.15) is 29.6 Å². The van der Waals surface area contributed by atoms with Crippen molar-refractivity contribution in [3.05, 3.63) is 32.9 Å². The number of amides is 1. The van der Waals surface area contributed by atoms with E-state index in [9.17, 15) is 9.59 Å². The Morgan fingerprint density at radius 3 is 3.00 bits per heavy atom. The van der Waals surface area contributed by atoms with Gasteiger partial charge in [0.2, 0.25) is 11.0 Å². The van der Waals surface area contributed by atoms with Crippen LogP contribution in [0.4, 0.5) is 5.13 Å². The van der Waals surface area contributed by atoms with Gasteiger partial charge in [0.05, 0.1) is 18.4 Å². The van der Waals surface area contributed by atoms with Gasteiger partial charge in [-0.15, -0.1) is 10.2 Å². The standard InChI is InChI=1S/C12H15N5O2S/c1-3-4-10-16-17-12(20-10)15-9(18)5-8-7(2)11(19)14-6-13-8/h6H,3-5H2,1-2H3,(H,13,14,19)(H,15,17,18). The van der Waals surface area contributed by atoms with Gasteiger partial charge in [-0.3, -0.25) is 9.59 Å². The molecule has 8 heteroatoms. The van der Waals surface area contributed by atoms with Crippen molar-refractivity contribution >= 4 is 22.4 Å².